The van der Waals surface area contributed by atoms with E-state index >= 15 is 0 Å². The van der Waals surface area contributed by atoms with Gasteiger partial charge in [0.25, 0.3) is 0 Å². The van der Waals surface area contributed by atoms with Crippen molar-refractivity contribution in [2.45, 2.75) is 32.3 Å². The first-order valence-corrected chi connectivity index (χ1v) is 8.65. The summed E-state index contributed by atoms with van der Waals surface area (Å²) in [7, 11) is 0. The van der Waals surface area contributed by atoms with Crippen molar-refractivity contribution in [3.63, 3.8) is 0 Å². The Bertz CT molecular complexity index is 414. The molecular weight excluding hydrogens is 276 g/mol. The number of benzene rings is 1. The van der Waals surface area contributed by atoms with Crippen molar-refractivity contribution < 1.29 is 20.1 Å². The van der Waals surface area contributed by atoms with Crippen LogP contribution in [0.1, 0.15) is 30.9 Å². The van der Waals surface area contributed by atoms with E-state index in [0.717, 1.165) is 52.4 Å². The van der Waals surface area contributed by atoms with Crippen molar-refractivity contribution in [2.75, 3.05) is 45.9 Å². The third kappa shape index (κ3) is 6.05. The van der Waals surface area contributed by atoms with E-state index in [9.17, 15) is 5.11 Å². The predicted octanol–water partition coefficient (Wildman–Crippen LogP) is -0.808. The molecule has 1 aromatic rings. The molecule has 0 unspecified atom stereocenters. The zero-order valence-corrected chi connectivity index (χ0v) is 14.1. The lowest BCUT2D eigenvalue weighted by atomic mass is 10.0. The van der Waals surface area contributed by atoms with E-state index < -0.39 is 0 Å². The number of morpholine rings is 1. The molecular formula is C18H32N2O2+2. The predicted molar refractivity (Wildman–Crippen MR) is 88.3 cm³/mol. The average molecular weight is 308 g/mol. The van der Waals surface area contributed by atoms with E-state index in [0.29, 0.717) is 5.92 Å². The highest BCUT2D eigenvalue weighted by Crippen LogP contribution is 2.14. The number of nitrogens with two attached hydrogens (primary N) is 1. The van der Waals surface area contributed by atoms with Gasteiger partial charge in [-0.05, 0) is 17.0 Å². The first kappa shape index (κ1) is 17.4. The Kier molecular flexibility index (Phi) is 7.33. The molecule has 4 N–H and O–H groups in total. The van der Waals surface area contributed by atoms with Gasteiger partial charge >= 0.3 is 0 Å². The van der Waals surface area contributed by atoms with Crippen LogP contribution in [0.2, 0.25) is 0 Å². The molecule has 0 bridgehead atoms. The molecule has 4 heteroatoms. The number of nitrogens with one attached hydrogen (secondary N) is 1. The van der Waals surface area contributed by atoms with Crippen LogP contribution in [0, 0.1) is 0 Å². The maximum atomic E-state index is 10.1. The van der Waals surface area contributed by atoms with Crippen LogP contribution >= 0.6 is 0 Å². The zero-order valence-electron chi connectivity index (χ0n) is 14.1. The van der Waals surface area contributed by atoms with Crippen molar-refractivity contribution in [3.05, 3.63) is 35.4 Å². The second-order valence-electron chi connectivity index (χ2n) is 6.68. The summed E-state index contributed by atoms with van der Waals surface area (Å²) in [5.74, 6) is 0.596. The number of aliphatic hydroxyl groups excluding tert-OH is 1. The summed E-state index contributed by atoms with van der Waals surface area (Å²) in [4.78, 5) is 1.47. The van der Waals surface area contributed by atoms with E-state index in [2.05, 4.69) is 43.4 Å². The quantitative estimate of drug-likeness (QED) is 0.550. The van der Waals surface area contributed by atoms with Crippen molar-refractivity contribution in [1.82, 2.24) is 0 Å². The van der Waals surface area contributed by atoms with Crippen LogP contribution < -0.4 is 10.2 Å². The SMILES string of the molecule is CC(C)c1ccc(CC[NH2+]C[C@H](O)C[NH+]2CCOCC2)cc1. The van der Waals surface area contributed by atoms with Gasteiger partial charge in [0.05, 0.1) is 19.8 Å². The molecule has 1 heterocycles. The summed E-state index contributed by atoms with van der Waals surface area (Å²) in [5, 5.41) is 12.3. The van der Waals surface area contributed by atoms with E-state index in [1.54, 1.807) is 0 Å². The first-order chi connectivity index (χ1) is 10.6. The number of quaternary nitrogens is 2. The normalized spacial score (nSPS) is 17.8. The summed E-state index contributed by atoms with van der Waals surface area (Å²) in [5.41, 5.74) is 2.78. The van der Waals surface area contributed by atoms with Gasteiger partial charge in [-0.3, -0.25) is 0 Å². The van der Waals surface area contributed by atoms with E-state index in [1.165, 1.54) is 16.0 Å². The fourth-order valence-corrected chi connectivity index (χ4v) is 2.93. The molecule has 124 valence electrons. The second-order valence-corrected chi connectivity index (χ2v) is 6.68. The smallest absolute Gasteiger partial charge is 0.151 e. The molecule has 1 aliphatic rings. The number of hydrogen-bond donors (Lipinski definition) is 3. The largest absolute Gasteiger partial charge is 0.382 e. The van der Waals surface area contributed by atoms with Gasteiger partial charge in [-0.1, -0.05) is 38.1 Å². The van der Waals surface area contributed by atoms with E-state index in [4.69, 9.17) is 4.74 Å². The lowest BCUT2D eigenvalue weighted by molar-refractivity contribution is -0.912. The Labute approximate surface area is 134 Å². The Hall–Kier alpha value is -0.940. The minimum absolute atomic E-state index is 0.212. The summed E-state index contributed by atoms with van der Waals surface area (Å²) in [6.45, 7) is 10.9. The Morgan fingerprint density at radius 1 is 1.18 bits per heavy atom. The number of hydrogen-bond acceptors (Lipinski definition) is 2. The van der Waals surface area contributed by atoms with Gasteiger partial charge in [-0.2, -0.15) is 0 Å². The average Bonchev–Trinajstić information content (AvgIpc) is 2.53. The van der Waals surface area contributed by atoms with E-state index in [-0.39, 0.29) is 6.10 Å². The zero-order chi connectivity index (χ0) is 15.8. The third-order valence-electron chi connectivity index (χ3n) is 4.45. The Morgan fingerprint density at radius 2 is 1.86 bits per heavy atom. The lowest BCUT2D eigenvalue weighted by Gasteiger charge is -2.25. The monoisotopic (exact) mass is 308 g/mol. The molecule has 0 saturated carbocycles. The molecule has 2 rings (SSSR count). The molecule has 1 saturated heterocycles. The van der Waals surface area contributed by atoms with Crippen LogP contribution in [0.4, 0.5) is 0 Å². The molecule has 1 fully saturated rings. The molecule has 1 aliphatic heterocycles. The molecule has 22 heavy (non-hydrogen) atoms. The molecule has 0 radical (unpaired) electrons. The topological polar surface area (TPSA) is 50.5 Å². The van der Waals surface area contributed by atoms with Gasteiger partial charge in [0.2, 0.25) is 0 Å². The van der Waals surface area contributed by atoms with Gasteiger partial charge < -0.3 is 20.1 Å². The number of rotatable bonds is 8. The van der Waals surface area contributed by atoms with Crippen molar-refractivity contribution in [3.8, 4) is 0 Å². The summed E-state index contributed by atoms with van der Waals surface area (Å²) in [6, 6.07) is 8.93. The van der Waals surface area contributed by atoms with Crippen LogP contribution in [-0.2, 0) is 11.2 Å². The van der Waals surface area contributed by atoms with Crippen LogP contribution in [0.5, 0.6) is 0 Å². The molecule has 0 aromatic heterocycles. The van der Waals surface area contributed by atoms with E-state index in [1.807, 2.05) is 0 Å². The van der Waals surface area contributed by atoms with Crippen LogP contribution in [0.3, 0.4) is 0 Å². The molecule has 0 amide bonds. The number of ether oxygens (including phenoxy) is 1. The highest BCUT2D eigenvalue weighted by atomic mass is 16.5. The highest BCUT2D eigenvalue weighted by Gasteiger charge is 2.18. The molecule has 1 aromatic carbocycles. The minimum Gasteiger partial charge on any atom is -0.382 e. The van der Waals surface area contributed by atoms with Crippen LogP contribution in [0.15, 0.2) is 24.3 Å². The fourth-order valence-electron chi connectivity index (χ4n) is 2.93. The lowest BCUT2D eigenvalue weighted by Crippen LogP contribution is -3.15. The van der Waals surface area contributed by atoms with Crippen molar-refractivity contribution >= 4 is 0 Å². The summed E-state index contributed by atoms with van der Waals surface area (Å²) < 4.78 is 5.34. The molecule has 0 aliphatic carbocycles. The fraction of sp³-hybridized carbons (Fsp3) is 0.667. The van der Waals surface area contributed by atoms with Gasteiger partial charge in [0.15, 0.2) is 6.10 Å². The van der Waals surface area contributed by atoms with Gasteiger partial charge in [0.1, 0.15) is 26.2 Å². The Morgan fingerprint density at radius 3 is 2.50 bits per heavy atom. The summed E-state index contributed by atoms with van der Waals surface area (Å²) >= 11 is 0. The molecule has 1 atom stereocenters. The minimum atomic E-state index is -0.212. The highest BCUT2D eigenvalue weighted by molar-refractivity contribution is 5.24. The van der Waals surface area contributed by atoms with Gasteiger partial charge in [-0.15, -0.1) is 0 Å². The van der Waals surface area contributed by atoms with Crippen molar-refractivity contribution in [2.24, 2.45) is 0 Å². The molecule has 0 spiro atoms. The van der Waals surface area contributed by atoms with Gasteiger partial charge in [-0.25, -0.2) is 0 Å². The standard InChI is InChI=1S/C18H30N2O2/c1-15(2)17-5-3-16(4-6-17)7-8-19-13-18(21)14-20-9-11-22-12-10-20/h3-6,15,18-19,21H,7-14H2,1-2H3/p+2/t18-/m0/s1. The first-order valence-electron chi connectivity index (χ1n) is 8.65. The second kappa shape index (κ2) is 9.26. The molecule has 4 nitrogen and oxygen atoms in total. The Balaban J connectivity index is 1.59. The number of aliphatic hydroxyl groups is 1. The summed E-state index contributed by atoms with van der Waals surface area (Å²) in [6.07, 6.45) is 0.853. The van der Waals surface area contributed by atoms with Crippen LogP contribution in [0.25, 0.3) is 0 Å². The third-order valence-corrected chi connectivity index (χ3v) is 4.45. The van der Waals surface area contributed by atoms with Crippen LogP contribution in [-0.4, -0.2) is 57.1 Å². The van der Waals surface area contributed by atoms with Gasteiger partial charge in [0, 0.05) is 6.42 Å². The maximum Gasteiger partial charge on any atom is 0.151 e. The van der Waals surface area contributed by atoms with Crippen molar-refractivity contribution in [1.29, 1.82) is 0 Å². The maximum absolute atomic E-state index is 10.1.